The monoisotopic (exact) mass is 606 g/mol. The quantitative estimate of drug-likeness (QED) is 0.0930. The average molecular weight is 607 g/mol. The van der Waals surface area contributed by atoms with Gasteiger partial charge in [0.1, 0.15) is 30.0 Å². The minimum absolute atomic E-state index is 0.0718. The highest BCUT2D eigenvalue weighted by molar-refractivity contribution is 5.98. The highest BCUT2D eigenvalue weighted by Crippen LogP contribution is 2.15. The van der Waals surface area contributed by atoms with Crippen LogP contribution >= 0.6 is 0 Å². The zero-order valence-corrected chi connectivity index (χ0v) is 24.3. The van der Waals surface area contributed by atoms with Crippen molar-refractivity contribution in [3.8, 4) is 0 Å². The van der Waals surface area contributed by atoms with Crippen molar-refractivity contribution >= 4 is 41.5 Å². The molecule has 0 saturated carbocycles. The van der Waals surface area contributed by atoms with E-state index in [0.717, 1.165) is 4.90 Å². The predicted molar refractivity (Wildman–Crippen MR) is 152 cm³/mol. The predicted octanol–water partition coefficient (Wildman–Crippen LogP) is -2.04. The zero-order chi connectivity index (χ0) is 32.3. The zero-order valence-electron chi connectivity index (χ0n) is 24.3. The van der Waals surface area contributed by atoms with E-state index in [0.29, 0.717) is 5.56 Å². The molecule has 1 fully saturated rings. The summed E-state index contributed by atoms with van der Waals surface area (Å²) in [5.74, 6) is -6.65. The Labute approximate surface area is 248 Å². The van der Waals surface area contributed by atoms with Crippen molar-refractivity contribution in [3.63, 3.8) is 0 Å². The summed E-state index contributed by atoms with van der Waals surface area (Å²) in [6.07, 6.45) is -0.689. The van der Waals surface area contributed by atoms with Crippen molar-refractivity contribution in [2.45, 2.75) is 63.7 Å². The molecule has 15 nitrogen and oxygen atoms in total. The van der Waals surface area contributed by atoms with Gasteiger partial charge in [-0.25, -0.2) is 4.39 Å². The van der Waals surface area contributed by atoms with E-state index in [1.54, 1.807) is 13.8 Å². The number of carboxylic acid groups (broad SMARTS) is 1. The van der Waals surface area contributed by atoms with E-state index in [9.17, 15) is 38.3 Å². The SMILES string of the molecule is CC(C)[C@H]1C(=O)N[C@@H](CCCN=C(N)N)C(=O)NCC(=O)N[C@@H](CC(=O)O)C(=O)N[C@H](Cc2cccc(F)c2)C(=O)N1C. The summed E-state index contributed by atoms with van der Waals surface area (Å²) >= 11 is 0. The van der Waals surface area contributed by atoms with Crippen LogP contribution in [-0.4, -0.2) is 95.8 Å². The largest absolute Gasteiger partial charge is 0.481 e. The lowest BCUT2D eigenvalue weighted by molar-refractivity contribution is -0.144. The molecule has 0 radical (unpaired) electrons. The van der Waals surface area contributed by atoms with Gasteiger partial charge >= 0.3 is 5.97 Å². The number of nitrogens with two attached hydrogens (primary N) is 2. The third-order valence-electron chi connectivity index (χ3n) is 6.64. The topological polar surface area (TPSA) is 238 Å². The fraction of sp³-hybridized carbons (Fsp3) is 0.519. The molecule has 1 aromatic rings. The summed E-state index contributed by atoms with van der Waals surface area (Å²) in [4.78, 5) is 82.7. The highest BCUT2D eigenvalue weighted by Gasteiger charge is 2.37. The van der Waals surface area contributed by atoms with Crippen molar-refractivity contribution < 1.29 is 38.3 Å². The molecule has 0 bridgehead atoms. The van der Waals surface area contributed by atoms with Crippen molar-refractivity contribution in [1.29, 1.82) is 0 Å². The van der Waals surface area contributed by atoms with Crippen LogP contribution in [0.3, 0.4) is 0 Å². The molecular weight excluding hydrogens is 567 g/mol. The van der Waals surface area contributed by atoms with Crippen LogP contribution in [0.25, 0.3) is 0 Å². The van der Waals surface area contributed by atoms with E-state index in [2.05, 4.69) is 26.3 Å². The molecule has 43 heavy (non-hydrogen) atoms. The maximum absolute atomic E-state index is 13.9. The van der Waals surface area contributed by atoms with E-state index >= 15 is 0 Å². The van der Waals surface area contributed by atoms with Crippen LogP contribution in [0.15, 0.2) is 29.3 Å². The van der Waals surface area contributed by atoms with E-state index < -0.39 is 84.4 Å². The first kappa shape index (κ1) is 34.4. The van der Waals surface area contributed by atoms with Crippen LogP contribution in [0.4, 0.5) is 4.39 Å². The Hall–Kier alpha value is -4.76. The Morgan fingerprint density at radius 3 is 2.33 bits per heavy atom. The summed E-state index contributed by atoms with van der Waals surface area (Å²) in [7, 11) is 1.35. The number of hydrogen-bond acceptors (Lipinski definition) is 7. The molecule has 1 aromatic carbocycles. The molecule has 0 aliphatic carbocycles. The standard InChI is InChI=1S/C27H39FN8O7/c1-14(2)22-25(42)34-17(8-5-9-31-27(29)30)23(40)32-13-20(37)33-18(12-21(38)39)24(41)35-19(26(43)36(22)3)11-15-6-4-7-16(28)10-15/h4,6-7,10,14,17-19,22H,5,8-9,11-13H2,1-3H3,(H,32,40)(H,33,37)(H,34,42)(H,35,41)(H,38,39)(H4,29,30,31)/t17-,18-,19+,22-/m0/s1. The first-order chi connectivity index (χ1) is 20.2. The Morgan fingerprint density at radius 1 is 1.05 bits per heavy atom. The molecule has 1 aliphatic rings. The lowest BCUT2D eigenvalue weighted by Crippen LogP contribution is -2.59. The first-order valence-electron chi connectivity index (χ1n) is 13.7. The van der Waals surface area contributed by atoms with Gasteiger partial charge in [-0.15, -0.1) is 0 Å². The number of amides is 5. The number of likely N-dealkylation sites (N-methyl/N-ethyl adjacent to an activating group) is 1. The molecule has 236 valence electrons. The van der Waals surface area contributed by atoms with Crippen LogP contribution in [0.2, 0.25) is 0 Å². The Kier molecular flexibility index (Phi) is 12.8. The first-order valence-corrected chi connectivity index (χ1v) is 13.7. The minimum atomic E-state index is -1.61. The summed E-state index contributed by atoms with van der Waals surface area (Å²) in [5, 5.41) is 19.1. The van der Waals surface area contributed by atoms with Gasteiger partial charge in [0.05, 0.1) is 13.0 Å². The molecule has 5 amide bonds. The summed E-state index contributed by atoms with van der Waals surface area (Å²) in [6.45, 7) is 2.88. The molecule has 1 saturated heterocycles. The number of nitrogens with zero attached hydrogens (tertiary/aromatic N) is 2. The number of guanidine groups is 1. The number of aliphatic carboxylic acids is 1. The normalized spacial score (nSPS) is 22.4. The van der Waals surface area contributed by atoms with Crippen molar-refractivity contribution in [1.82, 2.24) is 26.2 Å². The fourth-order valence-electron chi connectivity index (χ4n) is 4.63. The fourth-order valence-corrected chi connectivity index (χ4v) is 4.63. The number of hydrogen-bond donors (Lipinski definition) is 7. The third-order valence-corrected chi connectivity index (χ3v) is 6.64. The number of halogens is 1. The van der Waals surface area contributed by atoms with Crippen molar-refractivity contribution in [2.75, 3.05) is 20.1 Å². The molecule has 2 rings (SSSR count). The van der Waals surface area contributed by atoms with E-state index in [1.165, 1.54) is 31.3 Å². The molecule has 0 aromatic heterocycles. The van der Waals surface area contributed by atoms with Gasteiger partial charge in [0.25, 0.3) is 0 Å². The minimum Gasteiger partial charge on any atom is -0.481 e. The molecule has 9 N–H and O–H groups in total. The van der Waals surface area contributed by atoms with Crippen LogP contribution < -0.4 is 32.7 Å². The maximum Gasteiger partial charge on any atom is 0.305 e. The van der Waals surface area contributed by atoms with E-state index in [-0.39, 0.29) is 31.8 Å². The number of carbonyl (C=O) groups is 6. The Bertz CT molecular complexity index is 1240. The molecule has 0 spiro atoms. The Morgan fingerprint density at radius 2 is 1.72 bits per heavy atom. The second-order valence-corrected chi connectivity index (χ2v) is 10.5. The van der Waals surface area contributed by atoms with Crippen LogP contribution in [0.1, 0.15) is 38.7 Å². The number of benzene rings is 1. The molecule has 1 heterocycles. The summed E-state index contributed by atoms with van der Waals surface area (Å²) in [5.41, 5.74) is 11.0. The van der Waals surface area contributed by atoms with Crippen molar-refractivity contribution in [2.24, 2.45) is 22.4 Å². The number of rotatable bonds is 9. The van der Waals surface area contributed by atoms with E-state index in [4.69, 9.17) is 11.5 Å². The van der Waals surface area contributed by atoms with E-state index in [1.807, 2.05) is 0 Å². The molecule has 4 atom stereocenters. The van der Waals surface area contributed by atoms with Gasteiger partial charge in [0, 0.05) is 20.0 Å². The summed E-state index contributed by atoms with van der Waals surface area (Å²) in [6, 6.07) is 0.0653. The van der Waals surface area contributed by atoms with Crippen LogP contribution in [0, 0.1) is 11.7 Å². The maximum atomic E-state index is 13.9. The van der Waals surface area contributed by atoms with Gasteiger partial charge < -0.3 is 42.7 Å². The number of nitrogens with one attached hydrogen (secondary N) is 4. The summed E-state index contributed by atoms with van der Waals surface area (Å²) < 4.78 is 13.9. The molecule has 1 aliphatic heterocycles. The lowest BCUT2D eigenvalue weighted by atomic mass is 9.98. The van der Waals surface area contributed by atoms with Gasteiger partial charge in [-0.3, -0.25) is 33.8 Å². The van der Waals surface area contributed by atoms with Crippen LogP contribution in [0.5, 0.6) is 0 Å². The third kappa shape index (κ3) is 10.9. The average Bonchev–Trinajstić information content (AvgIpc) is 2.91. The number of aliphatic imine (C=N–C) groups is 1. The number of carbonyl (C=O) groups excluding carboxylic acids is 5. The van der Waals surface area contributed by atoms with Crippen LogP contribution in [-0.2, 0) is 35.2 Å². The van der Waals surface area contributed by atoms with Gasteiger partial charge in [-0.1, -0.05) is 26.0 Å². The Balaban J connectivity index is 2.52. The van der Waals surface area contributed by atoms with Gasteiger partial charge in [-0.2, -0.15) is 0 Å². The highest BCUT2D eigenvalue weighted by atomic mass is 19.1. The molecule has 0 unspecified atom stereocenters. The van der Waals surface area contributed by atoms with Gasteiger partial charge in [0.15, 0.2) is 5.96 Å². The second-order valence-electron chi connectivity index (χ2n) is 10.5. The lowest BCUT2D eigenvalue weighted by Gasteiger charge is -2.34. The molecular formula is C27H39FN8O7. The second kappa shape index (κ2) is 16.0. The van der Waals surface area contributed by atoms with Crippen molar-refractivity contribution in [3.05, 3.63) is 35.6 Å². The number of carboxylic acids is 1. The molecule has 16 heteroatoms. The van der Waals surface area contributed by atoms with Gasteiger partial charge in [0.2, 0.25) is 29.5 Å². The smallest absolute Gasteiger partial charge is 0.305 e. The van der Waals surface area contributed by atoms with Gasteiger partial charge in [-0.05, 0) is 36.5 Å².